The molecule has 7 heteroatoms. The fraction of sp³-hybridized carbons (Fsp3) is 0.462. The van der Waals surface area contributed by atoms with Crippen molar-refractivity contribution in [2.75, 3.05) is 12.3 Å². The Balaban J connectivity index is 2.16. The van der Waals surface area contributed by atoms with Crippen LogP contribution in [0.1, 0.15) is 18.9 Å². The summed E-state index contributed by atoms with van der Waals surface area (Å²) in [6.45, 7) is 2.19. The molecule has 108 valence electrons. The van der Waals surface area contributed by atoms with Gasteiger partial charge >= 0.3 is 0 Å². The number of benzene rings is 1. The monoisotopic (exact) mass is 298 g/mol. The van der Waals surface area contributed by atoms with Crippen molar-refractivity contribution in [1.82, 2.24) is 0 Å². The van der Waals surface area contributed by atoms with E-state index in [1.165, 1.54) is 17.8 Å². The van der Waals surface area contributed by atoms with Gasteiger partial charge in [0.05, 0.1) is 5.54 Å². The summed E-state index contributed by atoms with van der Waals surface area (Å²) in [7, 11) is 0. The lowest BCUT2D eigenvalue weighted by Crippen LogP contribution is -2.39. The van der Waals surface area contributed by atoms with Crippen molar-refractivity contribution in [3.05, 3.63) is 29.3 Å². The number of hydrogen-bond donors (Lipinski definition) is 3. The lowest BCUT2D eigenvalue weighted by molar-refractivity contribution is 0.380. The number of nitrogens with two attached hydrogens (primary N) is 3. The van der Waals surface area contributed by atoms with E-state index < -0.39 is 17.2 Å². The maximum Gasteiger partial charge on any atom is 0.164 e. The van der Waals surface area contributed by atoms with Gasteiger partial charge in [0.2, 0.25) is 0 Å². The number of anilines is 1. The Morgan fingerprint density at radius 3 is 2.75 bits per heavy atom. The molecule has 3 rings (SSSR count). The van der Waals surface area contributed by atoms with E-state index in [0.717, 1.165) is 12.5 Å². The number of rotatable bonds is 2. The maximum atomic E-state index is 14.2. The van der Waals surface area contributed by atoms with E-state index in [2.05, 4.69) is 4.99 Å². The molecule has 0 spiro atoms. The molecule has 0 bridgehead atoms. The molecule has 0 saturated heterocycles. The lowest BCUT2D eigenvalue weighted by Gasteiger charge is -2.34. The molecule has 1 fully saturated rings. The van der Waals surface area contributed by atoms with E-state index in [-0.39, 0.29) is 21.9 Å². The summed E-state index contributed by atoms with van der Waals surface area (Å²) in [5, 5.41) is 0.355. The second-order valence-electron chi connectivity index (χ2n) is 5.59. The molecular formula is C13H16F2N4S. The summed E-state index contributed by atoms with van der Waals surface area (Å²) in [6, 6.07) is 2.40. The Kier molecular flexibility index (Phi) is 2.78. The Morgan fingerprint density at radius 1 is 1.40 bits per heavy atom. The standard InChI is InChI=1S/C13H16F2N4S/c1-12(7-2-6(17)3-8(14)10(7)15)9-4-13(9,5-16)20-11(18)19-12/h2-3,9H,4-5,16-17H2,1H3,(H2,18,19)/t9-,12+,13+/m0/s1. The zero-order valence-corrected chi connectivity index (χ0v) is 11.8. The summed E-state index contributed by atoms with van der Waals surface area (Å²) in [4.78, 5) is 4.38. The van der Waals surface area contributed by atoms with Gasteiger partial charge in [-0.1, -0.05) is 11.8 Å². The minimum Gasteiger partial charge on any atom is -0.399 e. The molecule has 6 N–H and O–H groups in total. The molecule has 1 heterocycles. The number of amidine groups is 1. The first-order chi connectivity index (χ1) is 9.32. The molecule has 0 unspecified atom stereocenters. The number of halogens is 2. The van der Waals surface area contributed by atoms with E-state index in [9.17, 15) is 8.78 Å². The molecule has 1 saturated carbocycles. The number of fused-ring (bicyclic) bond motifs is 1. The van der Waals surface area contributed by atoms with E-state index in [1.54, 1.807) is 6.92 Å². The molecule has 3 atom stereocenters. The van der Waals surface area contributed by atoms with Crippen molar-refractivity contribution < 1.29 is 8.78 Å². The van der Waals surface area contributed by atoms with Gasteiger partial charge in [-0.2, -0.15) is 0 Å². The van der Waals surface area contributed by atoms with Crippen LogP contribution in [0.2, 0.25) is 0 Å². The van der Waals surface area contributed by atoms with Crippen LogP contribution >= 0.6 is 11.8 Å². The first-order valence-corrected chi connectivity index (χ1v) is 7.13. The van der Waals surface area contributed by atoms with Gasteiger partial charge in [-0.15, -0.1) is 0 Å². The first-order valence-electron chi connectivity index (χ1n) is 6.32. The smallest absolute Gasteiger partial charge is 0.164 e. The summed E-state index contributed by atoms with van der Waals surface area (Å²) in [6.07, 6.45) is 0.782. The van der Waals surface area contributed by atoms with Crippen molar-refractivity contribution in [3.8, 4) is 0 Å². The molecule has 2 aliphatic rings. The minimum absolute atomic E-state index is 0.0352. The summed E-state index contributed by atoms with van der Waals surface area (Å²) in [5.41, 5.74) is 16.7. The number of nitrogen functional groups attached to an aromatic ring is 1. The molecule has 4 nitrogen and oxygen atoms in total. The van der Waals surface area contributed by atoms with Crippen LogP contribution in [-0.4, -0.2) is 16.5 Å². The van der Waals surface area contributed by atoms with Gasteiger partial charge < -0.3 is 17.2 Å². The van der Waals surface area contributed by atoms with Crippen molar-refractivity contribution in [2.24, 2.45) is 22.4 Å². The number of nitrogens with zero attached hydrogens (tertiary/aromatic N) is 1. The van der Waals surface area contributed by atoms with Crippen LogP contribution < -0.4 is 17.2 Å². The predicted molar refractivity (Wildman–Crippen MR) is 77.2 cm³/mol. The lowest BCUT2D eigenvalue weighted by atomic mass is 9.85. The van der Waals surface area contributed by atoms with Gasteiger partial charge in [-0.05, 0) is 25.5 Å². The Bertz CT molecular complexity index is 621. The molecular weight excluding hydrogens is 282 g/mol. The van der Waals surface area contributed by atoms with Crippen molar-refractivity contribution in [1.29, 1.82) is 0 Å². The molecule has 20 heavy (non-hydrogen) atoms. The van der Waals surface area contributed by atoms with E-state index in [4.69, 9.17) is 17.2 Å². The highest BCUT2D eigenvalue weighted by Gasteiger charge is 2.65. The SMILES string of the molecule is C[C@]1(c2cc(N)cc(F)c2F)N=C(N)S[C@@]2(CN)C[C@H]21. The van der Waals surface area contributed by atoms with Gasteiger partial charge in [-0.3, -0.25) is 4.99 Å². The van der Waals surface area contributed by atoms with Crippen molar-refractivity contribution in [2.45, 2.75) is 23.6 Å². The van der Waals surface area contributed by atoms with Gasteiger partial charge in [0.25, 0.3) is 0 Å². The van der Waals surface area contributed by atoms with Crippen LogP contribution in [0.25, 0.3) is 0 Å². The predicted octanol–water partition coefficient (Wildman–Crippen LogP) is 1.54. The summed E-state index contributed by atoms with van der Waals surface area (Å²) < 4.78 is 27.6. The fourth-order valence-corrected chi connectivity index (χ4v) is 4.50. The Labute approximate surface area is 119 Å². The average molecular weight is 298 g/mol. The zero-order chi connectivity index (χ0) is 14.7. The fourth-order valence-electron chi connectivity index (χ4n) is 3.14. The van der Waals surface area contributed by atoms with Crippen LogP contribution in [0.4, 0.5) is 14.5 Å². The van der Waals surface area contributed by atoms with E-state index in [0.29, 0.717) is 11.7 Å². The molecule has 1 aliphatic heterocycles. The average Bonchev–Trinajstić information content (AvgIpc) is 3.09. The largest absolute Gasteiger partial charge is 0.399 e. The molecule has 1 aromatic carbocycles. The number of hydrogen-bond acceptors (Lipinski definition) is 5. The molecule has 0 radical (unpaired) electrons. The quantitative estimate of drug-likeness (QED) is 0.722. The van der Waals surface area contributed by atoms with Crippen molar-refractivity contribution >= 4 is 22.6 Å². The molecule has 0 aromatic heterocycles. The van der Waals surface area contributed by atoms with Crippen LogP contribution in [0, 0.1) is 17.6 Å². The highest BCUT2D eigenvalue weighted by molar-refractivity contribution is 8.15. The van der Waals surface area contributed by atoms with Gasteiger partial charge in [0.15, 0.2) is 16.8 Å². The van der Waals surface area contributed by atoms with Crippen LogP contribution in [0.5, 0.6) is 0 Å². The first kappa shape index (κ1) is 13.6. The zero-order valence-electron chi connectivity index (χ0n) is 11.0. The van der Waals surface area contributed by atoms with Gasteiger partial charge in [-0.25, -0.2) is 8.78 Å². The number of thioether (sulfide) groups is 1. The maximum absolute atomic E-state index is 14.2. The van der Waals surface area contributed by atoms with Crippen molar-refractivity contribution in [3.63, 3.8) is 0 Å². The third-order valence-electron chi connectivity index (χ3n) is 4.29. The molecule has 1 aliphatic carbocycles. The number of aliphatic imine (C=N–C) groups is 1. The normalized spacial score (nSPS) is 35.4. The van der Waals surface area contributed by atoms with Crippen LogP contribution in [0.15, 0.2) is 17.1 Å². The summed E-state index contributed by atoms with van der Waals surface area (Å²) in [5.74, 6) is -1.84. The Morgan fingerprint density at radius 2 is 2.10 bits per heavy atom. The highest BCUT2D eigenvalue weighted by Crippen LogP contribution is 2.65. The minimum atomic E-state index is -0.966. The van der Waals surface area contributed by atoms with Crippen LogP contribution in [-0.2, 0) is 5.54 Å². The third-order valence-corrected chi connectivity index (χ3v) is 5.62. The van der Waals surface area contributed by atoms with Gasteiger partial charge in [0, 0.05) is 28.5 Å². The second kappa shape index (κ2) is 4.08. The third kappa shape index (κ3) is 1.73. The van der Waals surface area contributed by atoms with Gasteiger partial charge in [0.1, 0.15) is 0 Å². The molecule has 0 amide bonds. The highest BCUT2D eigenvalue weighted by atomic mass is 32.2. The topological polar surface area (TPSA) is 90.4 Å². The second-order valence-corrected chi connectivity index (χ2v) is 7.02. The summed E-state index contributed by atoms with van der Waals surface area (Å²) >= 11 is 1.43. The van der Waals surface area contributed by atoms with E-state index in [1.807, 2.05) is 0 Å². The van der Waals surface area contributed by atoms with E-state index >= 15 is 0 Å². The Hall–Kier alpha value is -1.34. The molecule has 1 aromatic rings. The van der Waals surface area contributed by atoms with Crippen LogP contribution in [0.3, 0.4) is 0 Å².